The summed E-state index contributed by atoms with van der Waals surface area (Å²) in [5.41, 5.74) is 0. The zero-order chi connectivity index (χ0) is 9.71. The van der Waals surface area contributed by atoms with Gasteiger partial charge < -0.3 is 9.30 Å². The van der Waals surface area contributed by atoms with Crippen LogP contribution in [-0.4, -0.2) is 27.0 Å². The van der Waals surface area contributed by atoms with E-state index in [-0.39, 0.29) is 0 Å². The molecular weight excluding hydrogens is 198 g/mol. The molecule has 3 heterocycles. The standard InChI is InChI=1S/C9H13N3OS/c1-12-8(10-11-9(12)14)5-2-6-4-7(3-5)13-6/h5-7H,2-4H2,1H3,(H,11,14). The molecule has 1 aromatic heterocycles. The number of nitrogens with zero attached hydrogens (tertiary/aromatic N) is 2. The first-order chi connectivity index (χ1) is 6.74. The maximum absolute atomic E-state index is 5.60. The van der Waals surface area contributed by atoms with Gasteiger partial charge in [0.05, 0.1) is 12.2 Å². The molecule has 4 rings (SSSR count). The molecule has 4 nitrogen and oxygen atoms in total. The second-order valence-corrected chi connectivity index (χ2v) is 4.62. The van der Waals surface area contributed by atoms with E-state index in [1.54, 1.807) is 0 Å². The Labute approximate surface area is 87.3 Å². The first-order valence-electron chi connectivity index (χ1n) is 5.01. The van der Waals surface area contributed by atoms with Crippen molar-refractivity contribution in [2.75, 3.05) is 0 Å². The van der Waals surface area contributed by atoms with Crippen molar-refractivity contribution in [1.82, 2.24) is 14.8 Å². The summed E-state index contributed by atoms with van der Waals surface area (Å²) < 4.78 is 8.29. The number of aromatic nitrogens is 3. The lowest BCUT2D eigenvalue weighted by Gasteiger charge is -2.44. The molecule has 14 heavy (non-hydrogen) atoms. The highest BCUT2D eigenvalue weighted by Crippen LogP contribution is 2.42. The minimum Gasteiger partial charge on any atom is -0.375 e. The van der Waals surface area contributed by atoms with Crippen molar-refractivity contribution < 1.29 is 4.74 Å². The van der Waals surface area contributed by atoms with E-state index in [0.29, 0.717) is 22.9 Å². The van der Waals surface area contributed by atoms with E-state index in [0.717, 1.165) is 18.7 Å². The number of hydrogen-bond acceptors (Lipinski definition) is 3. The van der Waals surface area contributed by atoms with Crippen molar-refractivity contribution in [2.24, 2.45) is 7.05 Å². The SMILES string of the molecule is Cn1c(C2CC3CC(C2)O3)n[nH]c1=S. The third-order valence-electron chi connectivity index (χ3n) is 3.29. The number of fused-ring (bicyclic) bond motifs is 2. The third-order valence-corrected chi connectivity index (χ3v) is 3.65. The van der Waals surface area contributed by atoms with Crippen LogP contribution in [0.3, 0.4) is 0 Å². The van der Waals surface area contributed by atoms with Crippen molar-refractivity contribution in [3.05, 3.63) is 10.6 Å². The molecule has 3 fully saturated rings. The average molecular weight is 211 g/mol. The van der Waals surface area contributed by atoms with Crippen molar-refractivity contribution in [3.63, 3.8) is 0 Å². The maximum Gasteiger partial charge on any atom is 0.194 e. The van der Waals surface area contributed by atoms with Gasteiger partial charge in [-0.3, -0.25) is 5.10 Å². The average Bonchev–Trinajstić information content (AvgIpc) is 2.47. The number of aromatic amines is 1. The van der Waals surface area contributed by atoms with Crippen molar-refractivity contribution in [3.8, 4) is 0 Å². The number of nitrogens with one attached hydrogen (secondary N) is 1. The Bertz CT molecular complexity index is 394. The lowest BCUT2D eigenvalue weighted by atomic mass is 9.80. The van der Waals surface area contributed by atoms with Gasteiger partial charge in [-0.05, 0) is 31.5 Å². The van der Waals surface area contributed by atoms with Crippen LogP contribution >= 0.6 is 12.2 Å². The lowest BCUT2D eigenvalue weighted by Crippen LogP contribution is -2.44. The predicted octanol–water partition coefficient (Wildman–Crippen LogP) is 1.51. The Hall–Kier alpha value is -0.680. The van der Waals surface area contributed by atoms with Crippen LogP contribution in [0.25, 0.3) is 0 Å². The Morgan fingerprint density at radius 3 is 2.57 bits per heavy atom. The zero-order valence-electron chi connectivity index (χ0n) is 8.06. The molecule has 1 N–H and O–H groups in total. The smallest absolute Gasteiger partial charge is 0.194 e. The fourth-order valence-corrected chi connectivity index (χ4v) is 2.66. The van der Waals surface area contributed by atoms with Crippen molar-refractivity contribution >= 4 is 12.2 Å². The Balaban J connectivity index is 1.88. The number of ether oxygens (including phenoxy) is 1. The summed E-state index contributed by atoms with van der Waals surface area (Å²) in [4.78, 5) is 0. The Morgan fingerprint density at radius 2 is 2.07 bits per heavy atom. The van der Waals surface area contributed by atoms with E-state index >= 15 is 0 Å². The highest BCUT2D eigenvalue weighted by Gasteiger charge is 2.41. The van der Waals surface area contributed by atoms with Crippen LogP contribution < -0.4 is 0 Å². The molecule has 1 saturated carbocycles. The van der Waals surface area contributed by atoms with Gasteiger partial charge in [-0.25, -0.2) is 0 Å². The highest BCUT2D eigenvalue weighted by atomic mass is 32.1. The van der Waals surface area contributed by atoms with E-state index < -0.39 is 0 Å². The number of rotatable bonds is 1. The van der Waals surface area contributed by atoms with Crippen LogP contribution in [-0.2, 0) is 11.8 Å². The van der Waals surface area contributed by atoms with E-state index in [4.69, 9.17) is 17.0 Å². The molecule has 0 aromatic carbocycles. The zero-order valence-corrected chi connectivity index (χ0v) is 8.88. The molecule has 1 aromatic rings. The molecule has 1 aliphatic carbocycles. The molecule has 0 radical (unpaired) electrons. The minimum absolute atomic E-state index is 0.476. The summed E-state index contributed by atoms with van der Waals surface area (Å²) in [5, 5.41) is 7.12. The van der Waals surface area contributed by atoms with Crippen molar-refractivity contribution in [2.45, 2.75) is 37.4 Å². The van der Waals surface area contributed by atoms with Crippen LogP contribution in [0.15, 0.2) is 0 Å². The predicted molar refractivity (Wildman–Crippen MR) is 53.6 cm³/mol. The molecule has 76 valence electrons. The molecule has 2 unspecified atom stereocenters. The van der Waals surface area contributed by atoms with Gasteiger partial charge in [0.2, 0.25) is 0 Å². The van der Waals surface area contributed by atoms with Gasteiger partial charge in [0.25, 0.3) is 0 Å². The fraction of sp³-hybridized carbons (Fsp3) is 0.778. The second kappa shape index (κ2) is 2.90. The maximum atomic E-state index is 5.60. The summed E-state index contributed by atoms with van der Waals surface area (Å²) in [6.45, 7) is 0. The van der Waals surface area contributed by atoms with Crippen LogP contribution in [0.2, 0.25) is 0 Å². The fourth-order valence-electron chi connectivity index (χ4n) is 2.52. The van der Waals surface area contributed by atoms with Gasteiger partial charge in [0, 0.05) is 13.0 Å². The van der Waals surface area contributed by atoms with Crippen molar-refractivity contribution in [1.29, 1.82) is 0 Å². The molecule has 0 amide bonds. The van der Waals surface area contributed by atoms with Gasteiger partial charge in [-0.15, -0.1) is 0 Å². The summed E-state index contributed by atoms with van der Waals surface area (Å²) in [6, 6.07) is 0. The first-order valence-corrected chi connectivity index (χ1v) is 5.41. The van der Waals surface area contributed by atoms with E-state index in [9.17, 15) is 0 Å². The molecular formula is C9H13N3OS. The minimum atomic E-state index is 0.476. The quantitative estimate of drug-likeness (QED) is 0.716. The molecule has 2 atom stereocenters. The lowest BCUT2D eigenvalue weighted by molar-refractivity contribution is -0.163. The highest BCUT2D eigenvalue weighted by molar-refractivity contribution is 7.71. The third kappa shape index (κ3) is 1.15. The first kappa shape index (κ1) is 8.61. The topological polar surface area (TPSA) is 42.8 Å². The van der Waals surface area contributed by atoms with Gasteiger partial charge in [0.1, 0.15) is 5.82 Å². The van der Waals surface area contributed by atoms with E-state index in [1.807, 2.05) is 11.6 Å². The van der Waals surface area contributed by atoms with Crippen LogP contribution in [0.5, 0.6) is 0 Å². The van der Waals surface area contributed by atoms with E-state index in [1.165, 1.54) is 6.42 Å². The summed E-state index contributed by atoms with van der Waals surface area (Å²) in [6.07, 6.45) is 4.40. The number of H-pyrrole nitrogens is 1. The van der Waals surface area contributed by atoms with E-state index in [2.05, 4.69) is 10.2 Å². The number of hydrogen-bond donors (Lipinski definition) is 1. The molecule has 5 heteroatoms. The van der Waals surface area contributed by atoms with Gasteiger partial charge in [0.15, 0.2) is 4.77 Å². The Morgan fingerprint density at radius 1 is 1.43 bits per heavy atom. The molecule has 2 saturated heterocycles. The summed E-state index contributed by atoms with van der Waals surface area (Å²) in [7, 11) is 1.97. The normalized spacial score (nSPS) is 35.4. The van der Waals surface area contributed by atoms with Gasteiger partial charge in [-0.1, -0.05) is 0 Å². The van der Waals surface area contributed by atoms with Crippen LogP contribution in [0.1, 0.15) is 31.0 Å². The van der Waals surface area contributed by atoms with Gasteiger partial charge >= 0.3 is 0 Å². The van der Waals surface area contributed by atoms with Crippen LogP contribution in [0.4, 0.5) is 0 Å². The summed E-state index contributed by atoms with van der Waals surface area (Å²) in [5.74, 6) is 1.62. The molecule has 3 aliphatic rings. The molecule has 2 aliphatic heterocycles. The van der Waals surface area contributed by atoms with Gasteiger partial charge in [-0.2, -0.15) is 5.10 Å². The monoisotopic (exact) mass is 211 g/mol. The summed E-state index contributed by atoms with van der Waals surface area (Å²) >= 11 is 5.10. The largest absolute Gasteiger partial charge is 0.375 e. The molecule has 0 spiro atoms. The van der Waals surface area contributed by atoms with Crippen LogP contribution in [0, 0.1) is 4.77 Å². The Kier molecular flexibility index (Phi) is 1.79. The second-order valence-electron chi connectivity index (χ2n) is 4.23. The molecule has 2 bridgehead atoms.